The van der Waals surface area contributed by atoms with Gasteiger partial charge in [-0.15, -0.1) is 0 Å². The lowest BCUT2D eigenvalue weighted by atomic mass is 9.77. The maximum atomic E-state index is 13.9. The topological polar surface area (TPSA) is 41.9 Å². The number of fused-ring (bicyclic) bond motifs is 2. The van der Waals surface area contributed by atoms with E-state index >= 15 is 0 Å². The predicted octanol–water partition coefficient (Wildman–Crippen LogP) is 2.80. The fourth-order valence-electron chi connectivity index (χ4n) is 4.14. The third-order valence-corrected chi connectivity index (χ3v) is 5.22. The van der Waals surface area contributed by atoms with Crippen molar-refractivity contribution >= 4 is 0 Å². The minimum atomic E-state index is -0.211. The van der Waals surface area contributed by atoms with E-state index < -0.39 is 0 Å². The fraction of sp³-hybridized carbons (Fsp3) is 0.500. The van der Waals surface area contributed by atoms with Crippen LogP contribution in [0.4, 0.5) is 4.39 Å². The van der Waals surface area contributed by atoms with E-state index in [1.54, 1.807) is 12.3 Å². The zero-order valence-corrected chi connectivity index (χ0v) is 13.4. The van der Waals surface area contributed by atoms with Crippen LogP contribution < -0.4 is 0 Å². The van der Waals surface area contributed by atoms with Gasteiger partial charge in [0.05, 0.1) is 11.4 Å². The second kappa shape index (κ2) is 5.64. The normalized spacial score (nSPS) is 24.1. The molecule has 1 fully saturated rings. The van der Waals surface area contributed by atoms with Crippen molar-refractivity contribution in [1.82, 2.24) is 19.9 Å². The van der Waals surface area contributed by atoms with E-state index in [0.717, 1.165) is 44.6 Å². The molecule has 2 aliphatic rings. The third kappa shape index (κ3) is 2.63. The van der Waals surface area contributed by atoms with Crippen LogP contribution in [0.2, 0.25) is 0 Å². The summed E-state index contributed by atoms with van der Waals surface area (Å²) in [6, 6.07) is 3.13. The molecule has 120 valence electrons. The Bertz CT molecular complexity index is 729. The van der Waals surface area contributed by atoms with Crippen LogP contribution in [-0.4, -0.2) is 32.9 Å². The summed E-state index contributed by atoms with van der Waals surface area (Å²) >= 11 is 0. The van der Waals surface area contributed by atoms with Gasteiger partial charge in [0.25, 0.3) is 0 Å². The number of piperidine rings is 1. The van der Waals surface area contributed by atoms with Crippen molar-refractivity contribution < 1.29 is 4.39 Å². The molecule has 4 rings (SSSR count). The molecule has 0 amide bonds. The number of nitrogens with zero attached hydrogens (tertiary/aromatic N) is 4. The fourth-order valence-corrected chi connectivity index (χ4v) is 4.14. The van der Waals surface area contributed by atoms with Crippen LogP contribution in [0.25, 0.3) is 0 Å². The van der Waals surface area contributed by atoms with Gasteiger partial charge in [0.1, 0.15) is 11.6 Å². The second-order valence-corrected chi connectivity index (χ2v) is 6.82. The first-order chi connectivity index (χ1) is 11.2. The van der Waals surface area contributed by atoms with Gasteiger partial charge in [-0.05, 0) is 56.8 Å². The third-order valence-electron chi connectivity index (χ3n) is 5.22. The van der Waals surface area contributed by atoms with Gasteiger partial charge < -0.3 is 0 Å². The number of hydrogen-bond acceptors (Lipinski definition) is 4. The highest BCUT2D eigenvalue weighted by Crippen LogP contribution is 2.44. The molecule has 1 spiro atoms. The van der Waals surface area contributed by atoms with E-state index in [1.807, 2.05) is 13.1 Å². The van der Waals surface area contributed by atoms with Gasteiger partial charge in [-0.1, -0.05) is 0 Å². The van der Waals surface area contributed by atoms with Gasteiger partial charge in [-0.3, -0.25) is 9.88 Å². The van der Waals surface area contributed by atoms with E-state index in [0.29, 0.717) is 12.2 Å². The Hall–Kier alpha value is -1.88. The summed E-state index contributed by atoms with van der Waals surface area (Å²) in [7, 11) is 0. The van der Waals surface area contributed by atoms with Crippen LogP contribution in [0.5, 0.6) is 0 Å². The van der Waals surface area contributed by atoms with E-state index in [-0.39, 0.29) is 11.2 Å². The van der Waals surface area contributed by atoms with E-state index in [9.17, 15) is 4.39 Å². The van der Waals surface area contributed by atoms with E-state index in [4.69, 9.17) is 4.98 Å². The summed E-state index contributed by atoms with van der Waals surface area (Å²) in [5.74, 6) is 0.634. The Balaban J connectivity index is 1.59. The Morgan fingerprint density at radius 3 is 3.09 bits per heavy atom. The molecule has 0 aromatic carbocycles. The van der Waals surface area contributed by atoms with Crippen molar-refractivity contribution in [2.45, 2.75) is 44.6 Å². The standard InChI is InChI=1S/C18H21FN4/c1-13-21-10-14-5-7-18(17(14)22-13)6-3-9-23(12-18)11-16-15(19)4-2-8-20-16/h2,4,8,10H,3,5-7,9,11-12H2,1H3. The van der Waals surface area contributed by atoms with Crippen molar-refractivity contribution in [2.75, 3.05) is 13.1 Å². The summed E-state index contributed by atoms with van der Waals surface area (Å²) in [5, 5.41) is 0. The molecule has 5 heteroatoms. The minimum Gasteiger partial charge on any atom is -0.296 e. The first kappa shape index (κ1) is 14.7. The van der Waals surface area contributed by atoms with Gasteiger partial charge in [0.15, 0.2) is 0 Å². The predicted molar refractivity (Wildman–Crippen MR) is 85.5 cm³/mol. The van der Waals surface area contributed by atoms with Crippen molar-refractivity contribution in [1.29, 1.82) is 0 Å². The highest BCUT2D eigenvalue weighted by molar-refractivity contribution is 5.33. The van der Waals surface area contributed by atoms with Crippen LogP contribution in [0, 0.1) is 12.7 Å². The van der Waals surface area contributed by atoms with Gasteiger partial charge >= 0.3 is 0 Å². The number of hydrogen-bond donors (Lipinski definition) is 0. The number of aromatic nitrogens is 3. The first-order valence-corrected chi connectivity index (χ1v) is 8.31. The molecule has 0 bridgehead atoms. The maximum absolute atomic E-state index is 13.9. The van der Waals surface area contributed by atoms with Gasteiger partial charge in [0.2, 0.25) is 0 Å². The van der Waals surface area contributed by atoms with Crippen LogP contribution in [0.15, 0.2) is 24.5 Å². The molecular weight excluding hydrogens is 291 g/mol. The van der Waals surface area contributed by atoms with E-state index in [1.165, 1.54) is 17.3 Å². The van der Waals surface area contributed by atoms with Gasteiger partial charge in [0, 0.05) is 30.9 Å². The number of aryl methyl sites for hydroxylation is 2. The smallest absolute Gasteiger partial charge is 0.146 e. The molecule has 1 atom stereocenters. The molecule has 2 aromatic heterocycles. The molecule has 1 saturated heterocycles. The lowest BCUT2D eigenvalue weighted by Gasteiger charge is -2.40. The largest absolute Gasteiger partial charge is 0.296 e. The highest BCUT2D eigenvalue weighted by atomic mass is 19.1. The van der Waals surface area contributed by atoms with Crippen molar-refractivity contribution in [3.63, 3.8) is 0 Å². The Labute approximate surface area is 135 Å². The molecule has 3 heterocycles. The summed E-state index contributed by atoms with van der Waals surface area (Å²) in [6.45, 7) is 4.47. The lowest BCUT2D eigenvalue weighted by Crippen LogP contribution is -2.45. The van der Waals surface area contributed by atoms with Crippen LogP contribution in [0.1, 0.15) is 42.0 Å². The van der Waals surface area contributed by atoms with Crippen LogP contribution in [0.3, 0.4) is 0 Å². The molecule has 23 heavy (non-hydrogen) atoms. The summed E-state index contributed by atoms with van der Waals surface area (Å²) in [4.78, 5) is 15.6. The molecule has 1 unspecified atom stereocenters. The molecule has 4 nitrogen and oxygen atoms in total. The quantitative estimate of drug-likeness (QED) is 0.855. The molecule has 0 radical (unpaired) electrons. The van der Waals surface area contributed by atoms with Crippen LogP contribution in [-0.2, 0) is 18.4 Å². The second-order valence-electron chi connectivity index (χ2n) is 6.82. The minimum absolute atomic E-state index is 0.118. The number of pyridine rings is 1. The van der Waals surface area contributed by atoms with Crippen molar-refractivity contribution in [2.24, 2.45) is 0 Å². The molecule has 2 aromatic rings. The number of likely N-dealkylation sites (tertiary alicyclic amines) is 1. The molecule has 1 aliphatic heterocycles. The van der Waals surface area contributed by atoms with Crippen molar-refractivity contribution in [3.8, 4) is 0 Å². The number of halogens is 1. The summed E-state index contributed by atoms with van der Waals surface area (Å²) < 4.78 is 13.9. The summed E-state index contributed by atoms with van der Waals surface area (Å²) in [5.41, 5.74) is 3.19. The molecule has 0 N–H and O–H groups in total. The molecular formula is C18H21FN4. The zero-order chi connectivity index (χ0) is 15.9. The van der Waals surface area contributed by atoms with Crippen molar-refractivity contribution in [3.05, 3.63) is 53.1 Å². The maximum Gasteiger partial charge on any atom is 0.146 e. The average molecular weight is 312 g/mol. The highest BCUT2D eigenvalue weighted by Gasteiger charge is 2.43. The lowest BCUT2D eigenvalue weighted by molar-refractivity contribution is 0.134. The van der Waals surface area contributed by atoms with Crippen LogP contribution >= 0.6 is 0 Å². The van der Waals surface area contributed by atoms with E-state index in [2.05, 4.69) is 14.9 Å². The summed E-state index contributed by atoms with van der Waals surface area (Å²) in [6.07, 6.45) is 8.13. The van der Waals surface area contributed by atoms with Gasteiger partial charge in [-0.25, -0.2) is 14.4 Å². The van der Waals surface area contributed by atoms with Gasteiger partial charge in [-0.2, -0.15) is 0 Å². The molecule has 0 saturated carbocycles. The Morgan fingerprint density at radius 2 is 2.22 bits per heavy atom. The Morgan fingerprint density at radius 1 is 1.30 bits per heavy atom. The average Bonchev–Trinajstić information content (AvgIpc) is 2.88. The monoisotopic (exact) mass is 312 g/mol. The molecule has 1 aliphatic carbocycles. The first-order valence-electron chi connectivity index (χ1n) is 8.31. The Kier molecular flexibility index (Phi) is 3.60. The number of rotatable bonds is 2. The SMILES string of the molecule is Cc1ncc2c(n1)C1(CCCN(Cc3ncccc3F)C1)CC2. The zero-order valence-electron chi connectivity index (χ0n) is 13.4.